The molecule has 0 aliphatic heterocycles. The summed E-state index contributed by atoms with van der Waals surface area (Å²) < 4.78 is 9.90. The molecule has 0 aliphatic carbocycles. The molecular formula is C11H11O5. The molecule has 0 amide bonds. The lowest BCUT2D eigenvalue weighted by atomic mass is 10.1. The SMILES string of the molecule is [CH2]C(=O)c1ccc(C(=O)O)c(OC)c1OC. The predicted molar refractivity (Wildman–Crippen MR) is 56.2 cm³/mol. The number of benzene rings is 1. The van der Waals surface area contributed by atoms with E-state index in [2.05, 4.69) is 6.92 Å². The van der Waals surface area contributed by atoms with Crippen LogP contribution in [0.4, 0.5) is 0 Å². The third-order valence-electron chi connectivity index (χ3n) is 2.05. The zero-order valence-corrected chi connectivity index (χ0v) is 8.94. The summed E-state index contributed by atoms with van der Waals surface area (Å²) in [6.07, 6.45) is 0. The third kappa shape index (κ3) is 1.98. The van der Waals surface area contributed by atoms with Crippen molar-refractivity contribution in [3.05, 3.63) is 30.2 Å². The third-order valence-corrected chi connectivity index (χ3v) is 2.05. The van der Waals surface area contributed by atoms with Gasteiger partial charge < -0.3 is 14.6 Å². The van der Waals surface area contributed by atoms with Gasteiger partial charge in [-0.05, 0) is 12.1 Å². The maximum absolute atomic E-state index is 11.2. The summed E-state index contributed by atoms with van der Waals surface area (Å²) in [6, 6.07) is 2.63. The minimum atomic E-state index is -1.15. The fourth-order valence-corrected chi connectivity index (χ4v) is 1.36. The van der Waals surface area contributed by atoms with Crippen LogP contribution in [-0.4, -0.2) is 31.1 Å². The van der Waals surface area contributed by atoms with Gasteiger partial charge in [-0.1, -0.05) is 0 Å². The van der Waals surface area contributed by atoms with Gasteiger partial charge >= 0.3 is 5.97 Å². The van der Waals surface area contributed by atoms with E-state index in [4.69, 9.17) is 14.6 Å². The molecule has 5 nitrogen and oxygen atoms in total. The predicted octanol–water partition coefficient (Wildman–Crippen LogP) is 1.42. The van der Waals surface area contributed by atoms with Gasteiger partial charge in [0, 0.05) is 6.92 Å². The Kier molecular flexibility index (Phi) is 3.50. The molecule has 0 spiro atoms. The Bertz CT molecular complexity index is 395. The van der Waals surface area contributed by atoms with Crippen LogP contribution in [0.25, 0.3) is 0 Å². The fourth-order valence-electron chi connectivity index (χ4n) is 1.36. The number of aromatic carboxylic acids is 1. The Morgan fingerprint density at radius 1 is 1.12 bits per heavy atom. The highest BCUT2D eigenvalue weighted by Gasteiger charge is 2.20. The van der Waals surface area contributed by atoms with Crippen LogP contribution in [0.3, 0.4) is 0 Å². The Labute approximate surface area is 92.6 Å². The number of ether oxygens (including phenoxy) is 2. The fraction of sp³-hybridized carbons (Fsp3) is 0.182. The number of Topliss-reactive ketones (excluding diaryl/α,β-unsaturated/α-hetero) is 1. The van der Waals surface area contributed by atoms with Crippen molar-refractivity contribution in [3.63, 3.8) is 0 Å². The molecule has 0 saturated carbocycles. The van der Waals surface area contributed by atoms with Gasteiger partial charge in [0.25, 0.3) is 0 Å². The van der Waals surface area contributed by atoms with E-state index in [1.165, 1.54) is 26.4 Å². The van der Waals surface area contributed by atoms with E-state index in [0.717, 1.165) is 0 Å². The number of carbonyl (C=O) groups excluding carboxylic acids is 1. The van der Waals surface area contributed by atoms with Crippen LogP contribution < -0.4 is 9.47 Å². The van der Waals surface area contributed by atoms with Crippen LogP contribution in [0.15, 0.2) is 12.1 Å². The smallest absolute Gasteiger partial charge is 0.339 e. The van der Waals surface area contributed by atoms with E-state index in [0.29, 0.717) is 0 Å². The summed E-state index contributed by atoms with van der Waals surface area (Å²) >= 11 is 0. The first-order valence-electron chi connectivity index (χ1n) is 4.37. The minimum Gasteiger partial charge on any atom is -0.492 e. The van der Waals surface area contributed by atoms with E-state index in [-0.39, 0.29) is 22.6 Å². The molecule has 0 aliphatic rings. The summed E-state index contributed by atoms with van der Waals surface area (Å²) in [5.74, 6) is -1.52. The minimum absolute atomic E-state index is 0.0181. The van der Waals surface area contributed by atoms with Crippen molar-refractivity contribution in [1.82, 2.24) is 0 Å². The molecule has 5 heteroatoms. The Hall–Kier alpha value is -2.04. The Balaban J connectivity index is 3.52. The number of ketones is 1. The number of methoxy groups -OCH3 is 2. The lowest BCUT2D eigenvalue weighted by molar-refractivity contribution is 0.0692. The van der Waals surface area contributed by atoms with Crippen LogP contribution in [-0.2, 0) is 0 Å². The first-order valence-corrected chi connectivity index (χ1v) is 4.37. The number of carboxylic acids is 1. The maximum Gasteiger partial charge on any atom is 0.339 e. The number of carboxylic acid groups (broad SMARTS) is 1. The van der Waals surface area contributed by atoms with Gasteiger partial charge in [-0.25, -0.2) is 4.79 Å². The molecule has 0 atom stereocenters. The van der Waals surface area contributed by atoms with Gasteiger partial charge in [-0.2, -0.15) is 0 Å². The van der Waals surface area contributed by atoms with Crippen molar-refractivity contribution in [1.29, 1.82) is 0 Å². The molecule has 1 rings (SSSR count). The lowest BCUT2D eigenvalue weighted by Gasteiger charge is -2.13. The molecular weight excluding hydrogens is 212 g/mol. The van der Waals surface area contributed by atoms with E-state index < -0.39 is 11.8 Å². The van der Waals surface area contributed by atoms with Gasteiger partial charge in [0.1, 0.15) is 5.56 Å². The Morgan fingerprint density at radius 2 is 1.56 bits per heavy atom. The second-order valence-corrected chi connectivity index (χ2v) is 2.96. The molecule has 1 aromatic rings. The highest BCUT2D eigenvalue weighted by molar-refractivity contribution is 6.04. The van der Waals surface area contributed by atoms with Gasteiger partial charge in [0.2, 0.25) is 0 Å². The first kappa shape index (κ1) is 12.0. The van der Waals surface area contributed by atoms with Gasteiger partial charge in [-0.15, -0.1) is 0 Å². The molecule has 1 radical (unpaired) electrons. The number of carbonyl (C=O) groups is 2. The number of hydrogen-bond acceptors (Lipinski definition) is 4. The zero-order valence-electron chi connectivity index (χ0n) is 8.94. The zero-order chi connectivity index (χ0) is 12.3. The second kappa shape index (κ2) is 4.65. The van der Waals surface area contributed by atoms with Crippen molar-refractivity contribution in [2.24, 2.45) is 0 Å². The lowest BCUT2D eigenvalue weighted by Crippen LogP contribution is -2.06. The summed E-state index contributed by atoms with van der Waals surface area (Å²) in [5.41, 5.74) is 0.119. The van der Waals surface area contributed by atoms with E-state index >= 15 is 0 Å². The van der Waals surface area contributed by atoms with Crippen molar-refractivity contribution in [3.8, 4) is 11.5 Å². The van der Waals surface area contributed by atoms with Gasteiger partial charge in [-0.3, -0.25) is 4.79 Å². The summed E-state index contributed by atoms with van der Waals surface area (Å²) in [4.78, 5) is 22.1. The molecule has 0 heterocycles. The molecule has 0 bridgehead atoms. The van der Waals surface area contributed by atoms with Crippen LogP contribution in [0.5, 0.6) is 11.5 Å². The first-order chi connectivity index (χ1) is 7.52. The van der Waals surface area contributed by atoms with Crippen molar-refractivity contribution >= 4 is 11.8 Å². The van der Waals surface area contributed by atoms with Gasteiger partial charge in [0.15, 0.2) is 17.3 Å². The maximum atomic E-state index is 11.2. The molecule has 1 aromatic carbocycles. The topological polar surface area (TPSA) is 72.8 Å². The molecule has 0 aromatic heterocycles. The quantitative estimate of drug-likeness (QED) is 0.781. The highest BCUT2D eigenvalue weighted by atomic mass is 16.5. The number of rotatable bonds is 4. The molecule has 16 heavy (non-hydrogen) atoms. The average Bonchev–Trinajstić information content (AvgIpc) is 2.26. The molecule has 85 valence electrons. The molecule has 1 N–H and O–H groups in total. The Morgan fingerprint density at radius 3 is 1.94 bits per heavy atom. The standard InChI is InChI=1S/C11H11O5/c1-6(12)7-4-5-8(11(13)14)10(16-3)9(7)15-2/h4-5H,1H2,2-3H3,(H,13,14). The van der Waals surface area contributed by atoms with E-state index in [9.17, 15) is 9.59 Å². The molecule has 0 saturated heterocycles. The van der Waals surface area contributed by atoms with Crippen LogP contribution in [0.1, 0.15) is 20.7 Å². The normalized spacial score (nSPS) is 9.69. The van der Waals surface area contributed by atoms with Gasteiger partial charge in [0.05, 0.1) is 19.8 Å². The monoisotopic (exact) mass is 223 g/mol. The largest absolute Gasteiger partial charge is 0.492 e. The highest BCUT2D eigenvalue weighted by Crippen LogP contribution is 2.34. The van der Waals surface area contributed by atoms with Crippen LogP contribution in [0, 0.1) is 6.92 Å². The van der Waals surface area contributed by atoms with Crippen molar-refractivity contribution < 1.29 is 24.2 Å². The van der Waals surface area contributed by atoms with Crippen molar-refractivity contribution in [2.45, 2.75) is 0 Å². The summed E-state index contributed by atoms with van der Waals surface area (Å²) in [5, 5.41) is 8.91. The second-order valence-electron chi connectivity index (χ2n) is 2.96. The van der Waals surface area contributed by atoms with E-state index in [1.54, 1.807) is 0 Å². The molecule has 0 unspecified atom stereocenters. The van der Waals surface area contributed by atoms with Crippen molar-refractivity contribution in [2.75, 3.05) is 14.2 Å². The van der Waals surface area contributed by atoms with Crippen LogP contribution >= 0.6 is 0 Å². The van der Waals surface area contributed by atoms with E-state index in [1.807, 2.05) is 0 Å². The number of hydrogen-bond donors (Lipinski definition) is 1. The summed E-state index contributed by atoms with van der Waals surface area (Å²) in [7, 11) is 2.64. The molecule has 0 fully saturated rings. The van der Waals surface area contributed by atoms with Crippen LogP contribution in [0.2, 0.25) is 0 Å². The summed E-state index contributed by atoms with van der Waals surface area (Å²) in [6.45, 7) is 3.25. The average molecular weight is 223 g/mol.